The largest absolute Gasteiger partial charge is 0.388 e. The molecule has 5 rings (SSSR count). The number of aliphatic hydroxyl groups is 1. The monoisotopic (exact) mass is 454 g/mol. The fraction of sp³-hybridized carbons (Fsp3) is 0.583. The van der Waals surface area contributed by atoms with E-state index in [1.165, 1.54) is 15.3 Å². The van der Waals surface area contributed by atoms with Crippen LogP contribution in [-0.2, 0) is 34.5 Å². The van der Waals surface area contributed by atoms with E-state index in [0.29, 0.717) is 25.7 Å². The Bertz CT molecular complexity index is 988. The summed E-state index contributed by atoms with van der Waals surface area (Å²) in [5.74, 6) is 3.52. The van der Waals surface area contributed by atoms with Crippen molar-refractivity contribution >= 4 is 17.3 Å². The van der Waals surface area contributed by atoms with Crippen molar-refractivity contribution in [2.45, 2.75) is 62.9 Å². The number of aliphatic hydroxyl groups excluding tert-OH is 1. The predicted molar refractivity (Wildman–Crippen MR) is 124 cm³/mol. The van der Waals surface area contributed by atoms with E-state index in [1.54, 1.807) is 0 Å². The van der Waals surface area contributed by atoms with Crippen LogP contribution in [-0.4, -0.2) is 64.5 Å². The molecule has 2 fully saturated rings. The number of aryl methyl sites for hydroxylation is 1. The molecule has 0 amide bonds. The number of nitrogens with zero attached hydrogens (tertiary/aromatic N) is 3. The number of thiophene rings is 1. The summed E-state index contributed by atoms with van der Waals surface area (Å²) in [5, 5.41) is 13.0. The lowest BCUT2D eigenvalue weighted by Crippen LogP contribution is -2.50. The Hall–Kier alpha value is -2.02. The summed E-state index contributed by atoms with van der Waals surface area (Å²) < 4.78 is 11.7. The van der Waals surface area contributed by atoms with Crippen LogP contribution in [0.15, 0.2) is 18.5 Å². The van der Waals surface area contributed by atoms with Gasteiger partial charge in [0.1, 0.15) is 0 Å². The van der Waals surface area contributed by atoms with Gasteiger partial charge < -0.3 is 19.9 Å². The quantitative estimate of drug-likeness (QED) is 0.672. The van der Waals surface area contributed by atoms with Gasteiger partial charge in [0.25, 0.3) is 0 Å². The number of ether oxygens (including phenoxy) is 2. The second-order valence-electron chi connectivity index (χ2n) is 8.87. The average Bonchev–Trinajstić information content (AvgIpc) is 3.43. The predicted octanol–water partition coefficient (Wildman–Crippen LogP) is 2.34. The molecule has 32 heavy (non-hydrogen) atoms. The van der Waals surface area contributed by atoms with E-state index in [1.807, 2.05) is 23.7 Å². The van der Waals surface area contributed by atoms with E-state index >= 15 is 0 Å². The van der Waals surface area contributed by atoms with Gasteiger partial charge in [-0.3, -0.25) is 4.90 Å². The molecule has 0 aromatic carbocycles. The summed E-state index contributed by atoms with van der Waals surface area (Å²) in [6, 6.07) is 2.19. The smallest absolute Gasteiger partial charge is 0.222 e. The molecule has 2 N–H and O–H groups in total. The van der Waals surface area contributed by atoms with Gasteiger partial charge in [0.05, 0.1) is 43.6 Å². The number of rotatable bonds is 5. The van der Waals surface area contributed by atoms with Gasteiger partial charge in [0, 0.05) is 53.6 Å². The van der Waals surface area contributed by atoms with E-state index in [9.17, 15) is 5.11 Å². The molecule has 170 valence electrons. The molecule has 0 unspecified atom stereocenters. The zero-order valence-electron chi connectivity index (χ0n) is 18.4. The van der Waals surface area contributed by atoms with Gasteiger partial charge in [-0.25, -0.2) is 9.97 Å². The van der Waals surface area contributed by atoms with Crippen LogP contribution >= 0.6 is 11.3 Å². The van der Waals surface area contributed by atoms with Crippen LogP contribution in [0.25, 0.3) is 0 Å². The maximum absolute atomic E-state index is 9.88. The van der Waals surface area contributed by atoms with Gasteiger partial charge in [-0.15, -0.1) is 17.8 Å². The lowest BCUT2D eigenvalue weighted by molar-refractivity contribution is -0.107. The maximum atomic E-state index is 9.88. The van der Waals surface area contributed by atoms with Crippen LogP contribution in [0.1, 0.15) is 40.6 Å². The first kappa shape index (κ1) is 21.8. The fourth-order valence-electron chi connectivity index (χ4n) is 4.99. The Morgan fingerprint density at radius 1 is 1.38 bits per heavy atom. The zero-order valence-corrected chi connectivity index (χ0v) is 19.2. The number of hydrogen-bond acceptors (Lipinski definition) is 8. The van der Waals surface area contributed by atoms with Gasteiger partial charge in [-0.2, -0.15) is 0 Å². The topological polar surface area (TPSA) is 79.7 Å². The number of likely N-dealkylation sites (tertiary alicyclic amines) is 1. The van der Waals surface area contributed by atoms with E-state index in [0.717, 1.165) is 44.4 Å². The van der Waals surface area contributed by atoms with Crippen LogP contribution in [0.5, 0.6) is 0 Å². The molecule has 5 heterocycles. The van der Waals surface area contributed by atoms with Gasteiger partial charge in [-0.1, -0.05) is 12.8 Å². The van der Waals surface area contributed by atoms with Gasteiger partial charge in [0.15, 0.2) is 0 Å². The van der Waals surface area contributed by atoms with Crippen LogP contribution in [0.4, 0.5) is 5.95 Å². The SMILES string of the molecule is C#C[C@H]1C[C@@]2(CCN1Cc1cnc(N[C@H]3COC[C@@H]3O)nc1)OCCc1sc(CC)cc12. The third kappa shape index (κ3) is 4.16. The molecule has 4 atom stereocenters. The number of aromatic nitrogens is 2. The van der Waals surface area contributed by atoms with Crippen molar-refractivity contribution in [3.63, 3.8) is 0 Å². The summed E-state index contributed by atoms with van der Waals surface area (Å²) in [7, 11) is 0. The molecule has 2 saturated heterocycles. The van der Waals surface area contributed by atoms with Crippen molar-refractivity contribution in [3.05, 3.63) is 39.3 Å². The summed E-state index contributed by atoms with van der Waals surface area (Å²) >= 11 is 1.94. The van der Waals surface area contributed by atoms with Crippen molar-refractivity contribution in [2.24, 2.45) is 0 Å². The van der Waals surface area contributed by atoms with Gasteiger partial charge >= 0.3 is 0 Å². The molecule has 0 aliphatic carbocycles. The van der Waals surface area contributed by atoms with Crippen LogP contribution < -0.4 is 5.32 Å². The van der Waals surface area contributed by atoms with Crippen LogP contribution in [0.3, 0.4) is 0 Å². The summed E-state index contributed by atoms with van der Waals surface area (Å²) in [5.41, 5.74) is 2.14. The molecule has 0 radical (unpaired) electrons. The minimum atomic E-state index is -0.533. The molecule has 0 saturated carbocycles. The Kier molecular flexibility index (Phi) is 6.19. The third-order valence-corrected chi connectivity index (χ3v) is 8.16. The van der Waals surface area contributed by atoms with Crippen LogP contribution in [0.2, 0.25) is 0 Å². The minimum Gasteiger partial charge on any atom is -0.388 e. The highest BCUT2D eigenvalue weighted by atomic mass is 32.1. The highest BCUT2D eigenvalue weighted by Gasteiger charge is 2.45. The second-order valence-corrected chi connectivity index (χ2v) is 10.1. The number of anilines is 1. The Morgan fingerprint density at radius 2 is 2.22 bits per heavy atom. The fourth-order valence-corrected chi connectivity index (χ4v) is 6.17. The first-order valence-electron chi connectivity index (χ1n) is 11.4. The Balaban J connectivity index is 1.26. The van der Waals surface area contributed by atoms with Crippen LogP contribution in [0, 0.1) is 12.3 Å². The summed E-state index contributed by atoms with van der Waals surface area (Å²) in [6.45, 7) is 5.37. The lowest BCUT2D eigenvalue weighted by atomic mass is 9.79. The van der Waals surface area contributed by atoms with Crippen molar-refractivity contribution in [3.8, 4) is 12.3 Å². The minimum absolute atomic E-state index is 0.00302. The van der Waals surface area contributed by atoms with E-state index in [-0.39, 0.29) is 17.7 Å². The van der Waals surface area contributed by atoms with Gasteiger partial charge in [-0.05, 0) is 24.5 Å². The van der Waals surface area contributed by atoms with Crippen molar-refractivity contribution in [1.82, 2.24) is 14.9 Å². The van der Waals surface area contributed by atoms with E-state index in [2.05, 4.69) is 39.1 Å². The molecular formula is C24H30N4O3S. The van der Waals surface area contributed by atoms with E-state index < -0.39 is 6.10 Å². The summed E-state index contributed by atoms with van der Waals surface area (Å²) in [6.07, 6.45) is 13.0. The standard InChI is InChI=1S/C24H30N4O3S/c1-3-17-10-24(19-9-18(4-2)32-22(19)5-8-31-24)6-7-28(17)13-16-11-25-23(26-12-16)27-20-14-30-15-21(20)29/h1,9,11-12,17,20-21,29H,4-8,10,13-15H2,2H3,(H,25,26,27)/t17-,20-,21-,24+/m0/s1. The second kappa shape index (κ2) is 9.08. The number of piperidine rings is 1. The van der Waals surface area contributed by atoms with Crippen molar-refractivity contribution in [1.29, 1.82) is 0 Å². The lowest BCUT2D eigenvalue weighted by Gasteiger charge is -2.46. The third-order valence-electron chi connectivity index (χ3n) is 6.82. The molecule has 1 spiro atoms. The van der Waals surface area contributed by atoms with Crippen molar-refractivity contribution < 1.29 is 14.6 Å². The average molecular weight is 455 g/mol. The first-order valence-corrected chi connectivity index (χ1v) is 12.2. The first-order chi connectivity index (χ1) is 15.6. The number of terminal acetylenes is 1. The zero-order chi connectivity index (χ0) is 22.1. The number of nitrogens with one attached hydrogen (secondary N) is 1. The van der Waals surface area contributed by atoms with Crippen molar-refractivity contribution in [2.75, 3.05) is 31.7 Å². The van der Waals surface area contributed by atoms with Gasteiger partial charge in [0.2, 0.25) is 5.95 Å². The Morgan fingerprint density at radius 3 is 2.94 bits per heavy atom. The normalized spacial score (nSPS) is 30.2. The number of hydrogen-bond donors (Lipinski definition) is 2. The molecule has 8 heteroatoms. The molecule has 7 nitrogen and oxygen atoms in total. The summed E-state index contributed by atoms with van der Waals surface area (Å²) in [4.78, 5) is 14.1. The number of fused-ring (bicyclic) bond motifs is 2. The highest BCUT2D eigenvalue weighted by Crippen LogP contribution is 2.46. The molecule has 3 aliphatic heterocycles. The molecule has 2 aromatic heterocycles. The van der Waals surface area contributed by atoms with E-state index in [4.69, 9.17) is 15.9 Å². The molecule has 2 aromatic rings. The highest BCUT2D eigenvalue weighted by molar-refractivity contribution is 7.12. The molecule has 0 bridgehead atoms. The molecular weight excluding hydrogens is 424 g/mol. The Labute approximate surface area is 193 Å². The molecule has 3 aliphatic rings. The maximum Gasteiger partial charge on any atom is 0.222 e.